The average Bonchev–Trinajstić information content (AvgIpc) is 2.94. The minimum absolute atomic E-state index is 0.0716. The second-order valence-corrected chi connectivity index (χ2v) is 8.38. The molecule has 0 unspecified atom stereocenters. The van der Waals surface area contributed by atoms with E-state index in [1.807, 2.05) is 39.8 Å². The zero-order chi connectivity index (χ0) is 18.8. The zero-order valence-electron chi connectivity index (χ0n) is 15.8. The number of rotatable bonds is 4. The molecule has 1 aliphatic heterocycles. The third-order valence-corrected chi connectivity index (χ3v) is 5.06. The van der Waals surface area contributed by atoms with Crippen LogP contribution in [0.1, 0.15) is 62.9 Å². The first-order chi connectivity index (χ1) is 11.6. The predicted octanol–water partition coefficient (Wildman–Crippen LogP) is 5.26. The molecular weight excluding hydrogens is 338 g/mol. The Kier molecular flexibility index (Phi) is 5.82. The molecule has 5 heteroatoms. The van der Waals surface area contributed by atoms with Crippen molar-refractivity contribution in [2.24, 2.45) is 5.41 Å². The summed E-state index contributed by atoms with van der Waals surface area (Å²) in [4.78, 5) is 27.3. The van der Waals surface area contributed by atoms with Crippen LogP contribution in [0.15, 0.2) is 18.2 Å². The van der Waals surface area contributed by atoms with Crippen LogP contribution in [0.4, 0.5) is 4.79 Å². The fourth-order valence-corrected chi connectivity index (χ4v) is 3.56. The van der Waals surface area contributed by atoms with Crippen LogP contribution >= 0.6 is 11.6 Å². The Morgan fingerprint density at radius 2 is 2.00 bits per heavy atom. The first-order valence-electron chi connectivity index (χ1n) is 8.87. The lowest BCUT2D eigenvalue weighted by Crippen LogP contribution is -2.39. The molecule has 0 bridgehead atoms. The summed E-state index contributed by atoms with van der Waals surface area (Å²) >= 11 is 6.20. The van der Waals surface area contributed by atoms with Crippen LogP contribution in [0.25, 0.3) is 0 Å². The molecule has 0 spiro atoms. The van der Waals surface area contributed by atoms with E-state index in [0.717, 1.165) is 18.4 Å². The lowest BCUT2D eigenvalue weighted by atomic mass is 9.76. The fourth-order valence-electron chi connectivity index (χ4n) is 3.38. The molecule has 0 N–H and O–H groups in total. The Balaban J connectivity index is 2.23. The molecule has 1 fully saturated rings. The van der Waals surface area contributed by atoms with Crippen molar-refractivity contribution in [2.75, 3.05) is 13.1 Å². The number of hydrogen-bond donors (Lipinski definition) is 0. The van der Waals surface area contributed by atoms with Gasteiger partial charge in [-0.15, -0.1) is 0 Å². The fraction of sp³-hybridized carbons (Fsp3) is 0.600. The van der Waals surface area contributed by atoms with Crippen LogP contribution in [0.5, 0.6) is 0 Å². The van der Waals surface area contributed by atoms with Crippen molar-refractivity contribution in [3.63, 3.8) is 0 Å². The number of Topliss-reactive ketones (excluding diaryl/α,β-unsaturated/α-hetero) is 1. The molecule has 1 aromatic carbocycles. The molecule has 0 aromatic heterocycles. The van der Waals surface area contributed by atoms with Gasteiger partial charge in [-0.2, -0.15) is 0 Å². The number of halogens is 1. The van der Waals surface area contributed by atoms with Crippen LogP contribution in [-0.4, -0.2) is 35.5 Å². The molecule has 138 valence electrons. The number of amides is 1. The molecule has 1 amide bonds. The van der Waals surface area contributed by atoms with Crippen molar-refractivity contribution in [3.8, 4) is 0 Å². The number of hydrogen-bond acceptors (Lipinski definition) is 3. The van der Waals surface area contributed by atoms with Crippen LogP contribution in [0, 0.1) is 12.3 Å². The average molecular weight is 366 g/mol. The van der Waals surface area contributed by atoms with E-state index in [9.17, 15) is 9.59 Å². The third kappa shape index (κ3) is 4.55. The predicted molar refractivity (Wildman–Crippen MR) is 100 cm³/mol. The lowest BCUT2D eigenvalue weighted by Gasteiger charge is -2.29. The van der Waals surface area contributed by atoms with E-state index in [2.05, 4.69) is 6.92 Å². The van der Waals surface area contributed by atoms with E-state index < -0.39 is 11.0 Å². The van der Waals surface area contributed by atoms with Gasteiger partial charge in [0.1, 0.15) is 5.60 Å². The molecule has 1 heterocycles. The van der Waals surface area contributed by atoms with Gasteiger partial charge in [0.2, 0.25) is 0 Å². The van der Waals surface area contributed by atoms with Crippen LogP contribution in [-0.2, 0) is 4.74 Å². The second kappa shape index (κ2) is 7.36. The molecular formula is C20H28ClNO3. The maximum Gasteiger partial charge on any atom is 0.410 e. The number of carbonyl (C=O) groups is 2. The van der Waals surface area contributed by atoms with Crippen molar-refractivity contribution in [2.45, 2.75) is 59.5 Å². The quantitative estimate of drug-likeness (QED) is 0.684. The summed E-state index contributed by atoms with van der Waals surface area (Å²) in [5, 5.41) is 0.597. The normalized spacial score (nSPS) is 20.6. The Hall–Kier alpha value is -1.55. The second-order valence-electron chi connectivity index (χ2n) is 7.98. The summed E-state index contributed by atoms with van der Waals surface area (Å²) in [6.07, 6.45) is 1.94. The number of benzene rings is 1. The molecule has 4 nitrogen and oxygen atoms in total. The standard InChI is InChI=1S/C20H28ClNO3/c1-6-9-20(17(23)15-8-7-14(2)16(21)12-15)10-11-22(13-20)18(24)25-19(3,4)5/h7-8,12H,6,9-11,13H2,1-5H3/t20-/m0/s1. The SMILES string of the molecule is CCC[C@]1(C(=O)c2ccc(C)c(Cl)c2)CCN(C(=O)OC(C)(C)C)C1. The van der Waals surface area contributed by atoms with E-state index in [0.29, 0.717) is 30.1 Å². The van der Waals surface area contributed by atoms with Gasteiger partial charge in [-0.1, -0.05) is 37.1 Å². The van der Waals surface area contributed by atoms with Gasteiger partial charge in [-0.3, -0.25) is 4.79 Å². The number of ketones is 1. The maximum absolute atomic E-state index is 13.2. The summed E-state index contributed by atoms with van der Waals surface area (Å²) in [6, 6.07) is 5.44. The Bertz CT molecular complexity index is 665. The molecule has 25 heavy (non-hydrogen) atoms. The van der Waals surface area contributed by atoms with Gasteiger partial charge in [0, 0.05) is 23.7 Å². The summed E-state index contributed by atoms with van der Waals surface area (Å²) in [5.74, 6) is 0.0716. The molecule has 0 aliphatic carbocycles. The highest BCUT2D eigenvalue weighted by molar-refractivity contribution is 6.31. The van der Waals surface area contributed by atoms with Crippen LogP contribution in [0.3, 0.4) is 0 Å². The van der Waals surface area contributed by atoms with E-state index in [-0.39, 0.29) is 11.9 Å². The molecule has 0 saturated carbocycles. The highest BCUT2D eigenvalue weighted by Crippen LogP contribution is 2.39. The van der Waals surface area contributed by atoms with E-state index in [1.54, 1.807) is 11.0 Å². The Morgan fingerprint density at radius 1 is 1.32 bits per heavy atom. The smallest absolute Gasteiger partial charge is 0.410 e. The first kappa shape index (κ1) is 19.8. The summed E-state index contributed by atoms with van der Waals surface area (Å²) in [5.41, 5.74) is 0.478. The van der Waals surface area contributed by atoms with Crippen molar-refractivity contribution in [3.05, 3.63) is 34.3 Å². The summed E-state index contributed by atoms with van der Waals surface area (Å²) < 4.78 is 5.47. The minimum Gasteiger partial charge on any atom is -0.444 e. The van der Waals surface area contributed by atoms with Gasteiger partial charge < -0.3 is 9.64 Å². The molecule has 2 rings (SSSR count). The monoisotopic (exact) mass is 365 g/mol. The first-order valence-corrected chi connectivity index (χ1v) is 9.25. The van der Waals surface area contributed by atoms with Crippen molar-refractivity contribution in [1.29, 1.82) is 0 Å². The Morgan fingerprint density at radius 3 is 2.56 bits per heavy atom. The summed E-state index contributed by atoms with van der Waals surface area (Å²) in [7, 11) is 0. The topological polar surface area (TPSA) is 46.6 Å². The number of nitrogens with zero attached hydrogens (tertiary/aromatic N) is 1. The third-order valence-electron chi connectivity index (χ3n) is 4.65. The molecule has 1 saturated heterocycles. The highest BCUT2D eigenvalue weighted by Gasteiger charge is 2.46. The van der Waals surface area contributed by atoms with Crippen molar-refractivity contribution >= 4 is 23.5 Å². The van der Waals surface area contributed by atoms with Gasteiger partial charge in [-0.25, -0.2) is 4.79 Å². The number of aryl methyl sites for hydroxylation is 1. The number of likely N-dealkylation sites (tertiary alicyclic amines) is 1. The minimum atomic E-state index is -0.551. The van der Waals surface area contributed by atoms with Gasteiger partial charge in [-0.05, 0) is 52.2 Å². The highest BCUT2D eigenvalue weighted by atomic mass is 35.5. The van der Waals surface area contributed by atoms with E-state index >= 15 is 0 Å². The van der Waals surface area contributed by atoms with Gasteiger partial charge in [0.15, 0.2) is 5.78 Å². The van der Waals surface area contributed by atoms with Gasteiger partial charge in [0.25, 0.3) is 0 Å². The Labute approximate surface area is 155 Å². The van der Waals surface area contributed by atoms with Crippen molar-refractivity contribution in [1.82, 2.24) is 4.90 Å². The van der Waals surface area contributed by atoms with Gasteiger partial charge in [0.05, 0.1) is 5.41 Å². The number of ether oxygens (including phenoxy) is 1. The van der Waals surface area contributed by atoms with E-state index in [1.165, 1.54) is 0 Å². The van der Waals surface area contributed by atoms with Gasteiger partial charge >= 0.3 is 6.09 Å². The van der Waals surface area contributed by atoms with Crippen LogP contribution in [0.2, 0.25) is 5.02 Å². The zero-order valence-corrected chi connectivity index (χ0v) is 16.6. The molecule has 1 atom stereocenters. The summed E-state index contributed by atoms with van der Waals surface area (Å²) in [6.45, 7) is 10.5. The molecule has 1 aromatic rings. The maximum atomic E-state index is 13.2. The lowest BCUT2D eigenvalue weighted by molar-refractivity contribution is 0.0272. The van der Waals surface area contributed by atoms with Crippen molar-refractivity contribution < 1.29 is 14.3 Å². The number of carbonyl (C=O) groups excluding carboxylic acids is 2. The van der Waals surface area contributed by atoms with E-state index in [4.69, 9.17) is 16.3 Å². The molecule has 0 radical (unpaired) electrons. The van der Waals surface area contributed by atoms with Crippen LogP contribution < -0.4 is 0 Å². The largest absolute Gasteiger partial charge is 0.444 e. The molecule has 1 aliphatic rings.